The SMILES string of the molecule is COC(=O)c1ccc([C@H]2C=C(C(=O)N3CCCCCCC3)O[C@@H](OCc3ccc(CO)cc3)C2)cc1. The van der Waals surface area contributed by atoms with Gasteiger partial charge >= 0.3 is 5.97 Å². The van der Waals surface area contributed by atoms with Gasteiger partial charge in [0.15, 0.2) is 5.76 Å². The Balaban J connectivity index is 1.52. The van der Waals surface area contributed by atoms with E-state index in [0.29, 0.717) is 24.4 Å². The number of amides is 1. The van der Waals surface area contributed by atoms with Crippen LogP contribution in [0.4, 0.5) is 0 Å². The van der Waals surface area contributed by atoms with Crippen LogP contribution in [0.15, 0.2) is 60.4 Å². The van der Waals surface area contributed by atoms with Crippen molar-refractivity contribution in [2.75, 3.05) is 20.2 Å². The molecule has 0 spiro atoms. The maximum absolute atomic E-state index is 13.5. The number of allylic oxidation sites excluding steroid dienone is 1. The molecule has 2 heterocycles. The number of nitrogens with zero attached hydrogens (tertiary/aromatic N) is 1. The second-order valence-electron chi connectivity index (χ2n) is 9.38. The molecule has 1 saturated heterocycles. The monoisotopic (exact) mass is 493 g/mol. The van der Waals surface area contributed by atoms with Gasteiger partial charge in [-0.2, -0.15) is 0 Å². The number of benzene rings is 2. The van der Waals surface area contributed by atoms with Crippen LogP contribution in [0.3, 0.4) is 0 Å². The lowest BCUT2D eigenvalue weighted by Crippen LogP contribution is -2.38. The first-order chi connectivity index (χ1) is 17.6. The van der Waals surface area contributed by atoms with Crippen LogP contribution in [0.25, 0.3) is 0 Å². The van der Waals surface area contributed by atoms with Gasteiger partial charge in [-0.25, -0.2) is 4.79 Å². The molecule has 2 aliphatic heterocycles. The zero-order valence-corrected chi connectivity index (χ0v) is 20.9. The fraction of sp³-hybridized carbons (Fsp3) is 0.448. The van der Waals surface area contributed by atoms with Crippen LogP contribution < -0.4 is 0 Å². The summed E-state index contributed by atoms with van der Waals surface area (Å²) < 4.78 is 17.0. The molecule has 1 N–H and O–H groups in total. The highest BCUT2D eigenvalue weighted by atomic mass is 16.7. The largest absolute Gasteiger partial charge is 0.465 e. The molecule has 4 rings (SSSR count). The number of esters is 1. The Bertz CT molecular complexity index is 1040. The summed E-state index contributed by atoms with van der Waals surface area (Å²) >= 11 is 0. The van der Waals surface area contributed by atoms with Crippen molar-refractivity contribution in [2.24, 2.45) is 0 Å². The van der Waals surface area contributed by atoms with Crippen LogP contribution in [-0.4, -0.2) is 48.4 Å². The molecule has 1 fully saturated rings. The number of hydrogen-bond donors (Lipinski definition) is 1. The summed E-state index contributed by atoms with van der Waals surface area (Å²) in [5, 5.41) is 9.26. The third kappa shape index (κ3) is 6.74. The first-order valence-electron chi connectivity index (χ1n) is 12.7. The molecule has 0 saturated carbocycles. The summed E-state index contributed by atoms with van der Waals surface area (Å²) in [6.07, 6.45) is 7.35. The lowest BCUT2D eigenvalue weighted by atomic mass is 9.92. The lowest BCUT2D eigenvalue weighted by molar-refractivity contribution is -0.156. The van der Waals surface area contributed by atoms with Crippen LogP contribution >= 0.6 is 0 Å². The zero-order valence-electron chi connectivity index (χ0n) is 20.9. The highest BCUT2D eigenvalue weighted by Crippen LogP contribution is 2.33. The molecule has 0 aromatic heterocycles. The number of carbonyl (C=O) groups excluding carboxylic acids is 2. The second-order valence-corrected chi connectivity index (χ2v) is 9.38. The summed E-state index contributed by atoms with van der Waals surface area (Å²) in [5.41, 5.74) is 3.26. The van der Waals surface area contributed by atoms with E-state index < -0.39 is 6.29 Å². The van der Waals surface area contributed by atoms with Crippen molar-refractivity contribution < 1.29 is 28.9 Å². The standard InChI is InChI=1S/C29H35NO6/c1-34-29(33)24-13-11-23(12-14-24)25-17-26(28(32)30-15-5-3-2-4-6-16-30)36-27(18-25)35-20-22-9-7-21(19-31)8-10-22/h7-14,17,25,27,31H,2-6,15-16,18-20H2,1H3/t25-,27+/m0/s1. The predicted octanol–water partition coefficient (Wildman–Crippen LogP) is 4.69. The van der Waals surface area contributed by atoms with E-state index in [1.165, 1.54) is 13.5 Å². The molecule has 7 heteroatoms. The summed E-state index contributed by atoms with van der Waals surface area (Å²) in [4.78, 5) is 27.2. The van der Waals surface area contributed by atoms with Gasteiger partial charge in [0.2, 0.25) is 6.29 Å². The molecule has 192 valence electrons. The van der Waals surface area contributed by atoms with Crippen molar-refractivity contribution in [2.45, 2.75) is 63.9 Å². The number of carbonyl (C=O) groups is 2. The number of ether oxygens (including phenoxy) is 3. The fourth-order valence-corrected chi connectivity index (χ4v) is 4.66. The Morgan fingerprint density at radius 1 is 0.944 bits per heavy atom. The Morgan fingerprint density at radius 2 is 1.58 bits per heavy atom. The van der Waals surface area contributed by atoms with Gasteiger partial charge in [0.25, 0.3) is 5.91 Å². The number of hydrogen-bond acceptors (Lipinski definition) is 6. The van der Waals surface area contributed by atoms with E-state index in [-0.39, 0.29) is 24.4 Å². The maximum Gasteiger partial charge on any atom is 0.337 e. The molecular weight excluding hydrogens is 458 g/mol. The predicted molar refractivity (Wildman–Crippen MR) is 135 cm³/mol. The molecule has 36 heavy (non-hydrogen) atoms. The van der Waals surface area contributed by atoms with Gasteiger partial charge < -0.3 is 24.2 Å². The fourth-order valence-electron chi connectivity index (χ4n) is 4.66. The molecule has 0 radical (unpaired) electrons. The normalized spacial score (nSPS) is 20.5. The summed E-state index contributed by atoms with van der Waals surface area (Å²) in [6.45, 7) is 1.80. The third-order valence-corrected chi connectivity index (χ3v) is 6.81. The minimum atomic E-state index is -0.591. The Labute approximate surface area is 212 Å². The van der Waals surface area contributed by atoms with Crippen LogP contribution in [-0.2, 0) is 32.2 Å². The number of aliphatic hydroxyl groups excluding tert-OH is 1. The van der Waals surface area contributed by atoms with Crippen molar-refractivity contribution in [3.05, 3.63) is 82.6 Å². The van der Waals surface area contributed by atoms with E-state index in [1.807, 2.05) is 47.4 Å². The van der Waals surface area contributed by atoms with Crippen molar-refractivity contribution in [3.63, 3.8) is 0 Å². The molecule has 2 aromatic rings. The van der Waals surface area contributed by atoms with Crippen molar-refractivity contribution in [1.29, 1.82) is 0 Å². The maximum atomic E-state index is 13.5. The van der Waals surface area contributed by atoms with E-state index in [9.17, 15) is 14.7 Å². The van der Waals surface area contributed by atoms with Gasteiger partial charge in [-0.05, 0) is 47.7 Å². The Kier molecular flexibility index (Phi) is 9.14. The second kappa shape index (κ2) is 12.7. The van der Waals surface area contributed by atoms with Gasteiger partial charge in [-0.15, -0.1) is 0 Å². The van der Waals surface area contributed by atoms with E-state index in [0.717, 1.165) is 55.5 Å². The smallest absolute Gasteiger partial charge is 0.337 e. The molecule has 0 aliphatic carbocycles. The first kappa shape index (κ1) is 25.9. The molecule has 0 bridgehead atoms. The zero-order chi connectivity index (χ0) is 25.3. The van der Waals surface area contributed by atoms with Gasteiger partial charge in [-0.1, -0.05) is 55.7 Å². The molecule has 0 unspecified atom stereocenters. The van der Waals surface area contributed by atoms with Gasteiger partial charge in [0.05, 0.1) is 25.9 Å². The highest BCUT2D eigenvalue weighted by molar-refractivity contribution is 5.92. The average Bonchev–Trinajstić information content (AvgIpc) is 2.91. The van der Waals surface area contributed by atoms with Crippen LogP contribution in [0.5, 0.6) is 0 Å². The van der Waals surface area contributed by atoms with Crippen LogP contribution in [0.1, 0.15) is 71.5 Å². The van der Waals surface area contributed by atoms with E-state index >= 15 is 0 Å². The molecule has 7 nitrogen and oxygen atoms in total. The molecular formula is C29H35NO6. The van der Waals surface area contributed by atoms with Crippen LogP contribution in [0, 0.1) is 0 Å². The Morgan fingerprint density at radius 3 is 2.22 bits per heavy atom. The summed E-state index contributed by atoms with van der Waals surface area (Å²) in [6, 6.07) is 14.8. The molecule has 2 aromatic carbocycles. The number of likely N-dealkylation sites (tertiary alicyclic amines) is 1. The van der Waals surface area contributed by atoms with E-state index in [2.05, 4.69) is 0 Å². The molecule has 2 aliphatic rings. The summed E-state index contributed by atoms with van der Waals surface area (Å²) in [5.74, 6) is -0.246. The summed E-state index contributed by atoms with van der Waals surface area (Å²) in [7, 11) is 1.36. The number of rotatable bonds is 7. The van der Waals surface area contributed by atoms with E-state index in [4.69, 9.17) is 14.2 Å². The minimum Gasteiger partial charge on any atom is -0.465 e. The van der Waals surface area contributed by atoms with Crippen molar-refractivity contribution >= 4 is 11.9 Å². The molecule has 2 atom stereocenters. The molecule has 1 amide bonds. The highest BCUT2D eigenvalue weighted by Gasteiger charge is 2.31. The Hall–Kier alpha value is -3.16. The number of aliphatic hydroxyl groups is 1. The average molecular weight is 494 g/mol. The van der Waals surface area contributed by atoms with Gasteiger partial charge in [0, 0.05) is 25.4 Å². The first-order valence-corrected chi connectivity index (χ1v) is 12.7. The van der Waals surface area contributed by atoms with Gasteiger partial charge in [-0.3, -0.25) is 4.79 Å². The lowest BCUT2D eigenvalue weighted by Gasteiger charge is -2.32. The van der Waals surface area contributed by atoms with Crippen molar-refractivity contribution in [3.8, 4) is 0 Å². The number of methoxy groups -OCH3 is 1. The van der Waals surface area contributed by atoms with Crippen LogP contribution in [0.2, 0.25) is 0 Å². The van der Waals surface area contributed by atoms with Gasteiger partial charge in [0.1, 0.15) is 0 Å². The van der Waals surface area contributed by atoms with E-state index in [1.54, 1.807) is 12.1 Å². The minimum absolute atomic E-state index is 0.00388. The third-order valence-electron chi connectivity index (χ3n) is 6.81. The topological polar surface area (TPSA) is 85.3 Å². The van der Waals surface area contributed by atoms with Crippen molar-refractivity contribution in [1.82, 2.24) is 4.90 Å². The quantitative estimate of drug-likeness (QED) is 0.564.